The maximum Gasteiger partial charge on any atom is 0.101 e. The Morgan fingerprint density at radius 3 is 2.84 bits per heavy atom. The highest BCUT2D eigenvalue weighted by molar-refractivity contribution is 5.79. The first-order chi connectivity index (χ1) is 9.29. The number of imidazole rings is 1. The second-order valence-electron chi connectivity index (χ2n) is 4.16. The van der Waals surface area contributed by atoms with E-state index in [9.17, 15) is 0 Å². The van der Waals surface area contributed by atoms with Gasteiger partial charge in [0.2, 0.25) is 0 Å². The molecule has 19 heavy (non-hydrogen) atoms. The topological polar surface area (TPSA) is 70.9 Å². The van der Waals surface area contributed by atoms with E-state index in [0.717, 1.165) is 28.7 Å². The van der Waals surface area contributed by atoms with Crippen LogP contribution in [0.3, 0.4) is 0 Å². The van der Waals surface area contributed by atoms with E-state index >= 15 is 0 Å². The van der Waals surface area contributed by atoms with Crippen molar-refractivity contribution in [2.24, 2.45) is 5.84 Å². The van der Waals surface area contributed by atoms with Gasteiger partial charge < -0.3 is 0 Å². The van der Waals surface area contributed by atoms with Gasteiger partial charge in [-0.1, -0.05) is 18.2 Å². The Balaban J connectivity index is 2.14. The molecule has 3 rings (SSSR count). The Bertz CT molecular complexity index is 731. The molecule has 1 aromatic heterocycles. The van der Waals surface area contributed by atoms with Crippen molar-refractivity contribution in [1.82, 2.24) is 9.55 Å². The smallest absolute Gasteiger partial charge is 0.101 e. The predicted octanol–water partition coefficient (Wildman–Crippen LogP) is 2.31. The van der Waals surface area contributed by atoms with Crippen molar-refractivity contribution in [1.29, 1.82) is 5.41 Å². The second-order valence-corrected chi connectivity index (χ2v) is 4.16. The van der Waals surface area contributed by atoms with Crippen molar-refractivity contribution in [3.63, 3.8) is 0 Å². The molecule has 3 aromatic rings. The Morgan fingerprint density at radius 1 is 1.16 bits per heavy atom. The highest BCUT2D eigenvalue weighted by Crippen LogP contribution is 2.21. The molecule has 0 aliphatic rings. The maximum absolute atomic E-state index is 7.18. The van der Waals surface area contributed by atoms with E-state index in [2.05, 4.69) is 4.98 Å². The fraction of sp³-hybridized carbons (Fsp3) is 0. The number of benzene rings is 2. The molecule has 0 fully saturated rings. The van der Waals surface area contributed by atoms with Gasteiger partial charge in [-0.2, -0.15) is 0 Å². The van der Waals surface area contributed by atoms with Crippen LogP contribution in [0.5, 0.6) is 0 Å². The molecule has 0 saturated heterocycles. The zero-order chi connectivity index (χ0) is 13.2. The van der Waals surface area contributed by atoms with Gasteiger partial charge in [-0.05, 0) is 30.3 Å². The lowest BCUT2D eigenvalue weighted by Gasteiger charge is -2.13. The minimum Gasteiger partial charge on any atom is -0.299 e. The lowest BCUT2D eigenvalue weighted by atomic mass is 10.2. The van der Waals surface area contributed by atoms with Crippen LogP contribution in [0.1, 0.15) is 0 Å². The largest absolute Gasteiger partial charge is 0.299 e. The van der Waals surface area contributed by atoms with Crippen LogP contribution in [-0.2, 0) is 0 Å². The highest BCUT2D eigenvalue weighted by atomic mass is 15.4. The Hall–Kier alpha value is -2.66. The third kappa shape index (κ3) is 1.96. The molecule has 5 heteroatoms. The molecular formula is C14H13N5. The summed E-state index contributed by atoms with van der Waals surface area (Å²) in [5.41, 5.74) is 3.71. The van der Waals surface area contributed by atoms with Crippen LogP contribution in [0.2, 0.25) is 0 Å². The number of rotatable bonds is 3. The molecule has 0 saturated carbocycles. The van der Waals surface area contributed by atoms with Gasteiger partial charge in [0.15, 0.2) is 0 Å². The minimum absolute atomic E-state index is 0.755. The molecule has 94 valence electrons. The van der Waals surface area contributed by atoms with Crippen molar-refractivity contribution in [2.45, 2.75) is 0 Å². The Labute approximate surface area is 110 Å². The summed E-state index contributed by atoms with van der Waals surface area (Å²) in [6, 6.07) is 15.6. The van der Waals surface area contributed by atoms with Crippen molar-refractivity contribution in [2.75, 3.05) is 5.01 Å². The number of fused-ring (bicyclic) bond motifs is 1. The van der Waals surface area contributed by atoms with Crippen LogP contribution in [0.15, 0.2) is 54.9 Å². The number of anilines is 1. The summed E-state index contributed by atoms with van der Waals surface area (Å²) in [6.07, 6.45) is 2.86. The van der Waals surface area contributed by atoms with Crippen molar-refractivity contribution in [3.05, 3.63) is 54.9 Å². The average Bonchev–Trinajstić information content (AvgIpc) is 2.90. The molecule has 0 radical (unpaired) electrons. The van der Waals surface area contributed by atoms with Crippen molar-refractivity contribution in [3.8, 4) is 5.69 Å². The average molecular weight is 251 g/mol. The highest BCUT2D eigenvalue weighted by Gasteiger charge is 2.05. The molecule has 0 aliphatic carbocycles. The monoisotopic (exact) mass is 251 g/mol. The number of nitrogens with zero attached hydrogens (tertiary/aromatic N) is 3. The van der Waals surface area contributed by atoms with Gasteiger partial charge in [0.1, 0.15) is 12.7 Å². The van der Waals surface area contributed by atoms with Crippen LogP contribution >= 0.6 is 0 Å². The first-order valence-corrected chi connectivity index (χ1v) is 5.86. The van der Waals surface area contributed by atoms with E-state index in [1.807, 2.05) is 53.1 Å². The fourth-order valence-electron chi connectivity index (χ4n) is 2.04. The van der Waals surface area contributed by atoms with Crippen LogP contribution in [0.4, 0.5) is 5.69 Å². The van der Waals surface area contributed by atoms with E-state index in [-0.39, 0.29) is 0 Å². The number of nitrogens with one attached hydrogen (secondary N) is 1. The number of para-hydroxylation sites is 2. The summed E-state index contributed by atoms with van der Waals surface area (Å²) < 4.78 is 2.00. The lowest BCUT2D eigenvalue weighted by Crippen LogP contribution is -2.28. The van der Waals surface area contributed by atoms with Gasteiger partial charge in [0.05, 0.1) is 16.7 Å². The summed E-state index contributed by atoms with van der Waals surface area (Å²) in [4.78, 5) is 4.36. The molecule has 2 aromatic carbocycles. The van der Waals surface area contributed by atoms with Crippen LogP contribution < -0.4 is 10.9 Å². The number of hydrogen-bond donors (Lipinski definition) is 2. The number of hydrogen-bond acceptors (Lipinski definition) is 3. The normalized spacial score (nSPS) is 10.6. The predicted molar refractivity (Wildman–Crippen MR) is 76.5 cm³/mol. The molecule has 0 spiro atoms. The molecular weight excluding hydrogens is 238 g/mol. The van der Waals surface area contributed by atoms with E-state index in [1.54, 1.807) is 6.33 Å². The summed E-state index contributed by atoms with van der Waals surface area (Å²) in [7, 11) is 0. The van der Waals surface area contributed by atoms with Gasteiger partial charge in [0, 0.05) is 5.69 Å². The van der Waals surface area contributed by atoms with Crippen LogP contribution in [-0.4, -0.2) is 15.9 Å². The Morgan fingerprint density at radius 2 is 2.00 bits per heavy atom. The summed E-state index contributed by atoms with van der Waals surface area (Å²) in [5, 5.41) is 8.45. The summed E-state index contributed by atoms with van der Waals surface area (Å²) >= 11 is 0. The van der Waals surface area contributed by atoms with Gasteiger partial charge >= 0.3 is 0 Å². The molecule has 0 unspecified atom stereocenters. The second kappa shape index (κ2) is 4.55. The summed E-state index contributed by atoms with van der Waals surface area (Å²) in [5.74, 6) is 5.69. The van der Waals surface area contributed by atoms with Gasteiger partial charge in [-0.3, -0.25) is 15.0 Å². The molecule has 0 amide bonds. The van der Waals surface area contributed by atoms with E-state index in [4.69, 9.17) is 11.3 Å². The number of nitrogens with two attached hydrogens (primary N) is 1. The van der Waals surface area contributed by atoms with Crippen molar-refractivity contribution < 1.29 is 0 Å². The third-order valence-electron chi connectivity index (χ3n) is 3.00. The Kier molecular flexibility index (Phi) is 2.74. The molecule has 0 bridgehead atoms. The number of hydrazine groups is 1. The SMILES string of the molecule is N=CN(N)c1cccc(-n2cnc3ccccc32)c1. The number of aromatic nitrogens is 2. The zero-order valence-corrected chi connectivity index (χ0v) is 10.2. The molecule has 5 nitrogen and oxygen atoms in total. The first-order valence-electron chi connectivity index (χ1n) is 5.86. The molecule has 3 N–H and O–H groups in total. The third-order valence-corrected chi connectivity index (χ3v) is 3.00. The van der Waals surface area contributed by atoms with Gasteiger partial charge in [-0.15, -0.1) is 0 Å². The first kappa shape index (κ1) is 11.4. The lowest BCUT2D eigenvalue weighted by molar-refractivity contribution is 1.08. The standard InChI is InChI=1S/C14H13N5/c15-9-19(16)12-5-3-4-11(8-12)18-10-17-13-6-1-2-7-14(13)18/h1-10,15H,16H2. The van der Waals surface area contributed by atoms with E-state index in [1.165, 1.54) is 5.01 Å². The van der Waals surface area contributed by atoms with Crippen LogP contribution in [0.25, 0.3) is 16.7 Å². The summed E-state index contributed by atoms with van der Waals surface area (Å²) in [6.45, 7) is 0. The minimum atomic E-state index is 0.755. The molecule has 0 aliphatic heterocycles. The van der Waals surface area contributed by atoms with Gasteiger partial charge in [-0.25, -0.2) is 10.8 Å². The van der Waals surface area contributed by atoms with Crippen LogP contribution in [0, 0.1) is 5.41 Å². The molecule has 1 heterocycles. The van der Waals surface area contributed by atoms with E-state index < -0.39 is 0 Å². The van der Waals surface area contributed by atoms with Gasteiger partial charge in [0.25, 0.3) is 0 Å². The quantitative estimate of drug-likeness (QED) is 0.325. The zero-order valence-electron chi connectivity index (χ0n) is 10.2. The maximum atomic E-state index is 7.18. The van der Waals surface area contributed by atoms with E-state index in [0.29, 0.717) is 0 Å². The van der Waals surface area contributed by atoms with Crippen molar-refractivity contribution >= 4 is 23.1 Å². The molecule has 0 atom stereocenters. The fourth-order valence-corrected chi connectivity index (χ4v) is 2.04.